The molecule has 0 radical (unpaired) electrons. The Balaban J connectivity index is 1.71. The van der Waals surface area contributed by atoms with Crippen LogP contribution in [0.15, 0.2) is 34.9 Å². The smallest absolute Gasteiger partial charge is 0.192 e. The largest absolute Gasteiger partial charge is 0.414 e. The molecule has 0 spiro atoms. The van der Waals surface area contributed by atoms with Crippen molar-refractivity contribution in [3.63, 3.8) is 0 Å². The van der Waals surface area contributed by atoms with Gasteiger partial charge in [-0.1, -0.05) is 97.3 Å². The first kappa shape index (κ1) is 33.0. The number of hydrogen-bond acceptors (Lipinski definition) is 2. The third-order valence-corrected chi connectivity index (χ3v) is 22.0. The summed E-state index contributed by atoms with van der Waals surface area (Å²) in [5.74, 6) is 4.61. The molecule has 0 saturated heterocycles. The fourth-order valence-corrected chi connectivity index (χ4v) is 11.0. The summed E-state index contributed by atoms with van der Waals surface area (Å²) >= 11 is 0. The van der Waals surface area contributed by atoms with Crippen molar-refractivity contribution in [2.24, 2.45) is 28.6 Å². The predicted octanol–water partition coefficient (Wildman–Crippen LogP) is 10.8. The highest BCUT2D eigenvalue weighted by Crippen LogP contribution is 2.65. The van der Waals surface area contributed by atoms with E-state index in [1.54, 1.807) is 16.7 Å². The zero-order chi connectivity index (χ0) is 30.8. The third-order valence-electron chi connectivity index (χ3n) is 13.0. The predicted molar refractivity (Wildman–Crippen MR) is 182 cm³/mol. The van der Waals surface area contributed by atoms with Crippen molar-refractivity contribution >= 4 is 16.6 Å². The maximum absolute atomic E-state index is 7.51. The van der Waals surface area contributed by atoms with Crippen LogP contribution in [0, 0.1) is 40.9 Å². The molecule has 4 heteroatoms. The summed E-state index contributed by atoms with van der Waals surface area (Å²) in [5.41, 5.74) is 5.26. The van der Waals surface area contributed by atoms with Crippen molar-refractivity contribution in [3.05, 3.63) is 34.9 Å². The molecule has 0 aromatic heterocycles. The standard InChI is InChI=1S/C37H62O2Si2/c1-15-16-17-26(2)30-20-21-31-29-19-18-27-24-28(38-40(11,12)34(3,4)5)25-33(39-41(13,14)35(6,7)8)37(27,10)32(29)22-23-36(30,31)9/h1,18-20,26,28,31-33H,16-17,21-25H2,2-14H3/t26?,28-,31+,32+,33+,36-,37+/m1/s1. The maximum atomic E-state index is 7.51. The average molecular weight is 595 g/mol. The lowest BCUT2D eigenvalue weighted by Gasteiger charge is -2.59. The summed E-state index contributed by atoms with van der Waals surface area (Å²) in [7, 11) is -3.89. The summed E-state index contributed by atoms with van der Waals surface area (Å²) in [5, 5.41) is 0.383. The molecule has 2 fully saturated rings. The van der Waals surface area contributed by atoms with E-state index in [2.05, 4.69) is 113 Å². The van der Waals surface area contributed by atoms with Gasteiger partial charge in [0.05, 0.1) is 12.2 Å². The number of fused-ring (bicyclic) bond motifs is 5. The Kier molecular flexibility index (Phi) is 8.81. The van der Waals surface area contributed by atoms with Gasteiger partial charge in [-0.3, -0.25) is 0 Å². The van der Waals surface area contributed by atoms with Gasteiger partial charge >= 0.3 is 0 Å². The van der Waals surface area contributed by atoms with Crippen LogP contribution in [-0.4, -0.2) is 28.8 Å². The molecule has 4 aliphatic rings. The SMILES string of the molecule is C#CCCC(C)C1=CC[C@H]2C3=CC=C4C[C@@H](O[Si](C)(C)C(C)(C)C)C[C@H](O[Si](C)(C)C(C)(C)C)[C@]4(C)[C@H]3CC[C@]12C. The lowest BCUT2D eigenvalue weighted by molar-refractivity contribution is -0.0389. The Morgan fingerprint density at radius 1 is 0.976 bits per heavy atom. The molecule has 0 aromatic carbocycles. The highest BCUT2D eigenvalue weighted by Gasteiger charge is 2.59. The minimum absolute atomic E-state index is 0.0338. The summed E-state index contributed by atoms with van der Waals surface area (Å²) in [6.45, 7) is 31.5. The summed E-state index contributed by atoms with van der Waals surface area (Å²) < 4.78 is 14.7. The summed E-state index contributed by atoms with van der Waals surface area (Å²) in [4.78, 5) is 0. The van der Waals surface area contributed by atoms with E-state index in [-0.39, 0.29) is 33.1 Å². The van der Waals surface area contributed by atoms with Gasteiger partial charge in [-0.15, -0.1) is 12.3 Å². The van der Waals surface area contributed by atoms with E-state index in [1.807, 2.05) is 0 Å². The molecular formula is C37H62O2Si2. The van der Waals surface area contributed by atoms with Gasteiger partial charge in [0.15, 0.2) is 16.6 Å². The fraction of sp³-hybridized carbons (Fsp3) is 0.784. The van der Waals surface area contributed by atoms with Crippen molar-refractivity contribution in [3.8, 4) is 12.3 Å². The number of allylic oxidation sites excluding steroid dienone is 5. The molecule has 7 atom stereocenters. The van der Waals surface area contributed by atoms with Gasteiger partial charge in [-0.05, 0) is 98.0 Å². The topological polar surface area (TPSA) is 18.5 Å². The molecule has 0 aromatic rings. The van der Waals surface area contributed by atoms with Crippen molar-refractivity contribution in [2.45, 2.75) is 156 Å². The molecule has 0 amide bonds. The van der Waals surface area contributed by atoms with Gasteiger partial charge in [0.25, 0.3) is 0 Å². The fourth-order valence-electron chi connectivity index (χ4n) is 8.23. The normalized spacial score (nSPS) is 34.9. The van der Waals surface area contributed by atoms with Crippen molar-refractivity contribution in [1.29, 1.82) is 0 Å². The zero-order valence-corrected chi connectivity index (χ0v) is 31.0. The molecule has 230 valence electrons. The zero-order valence-electron chi connectivity index (χ0n) is 29.0. The second-order valence-corrected chi connectivity index (χ2v) is 27.1. The highest BCUT2D eigenvalue weighted by molar-refractivity contribution is 6.74. The van der Waals surface area contributed by atoms with Crippen LogP contribution in [0.4, 0.5) is 0 Å². The van der Waals surface area contributed by atoms with Crippen LogP contribution in [0.3, 0.4) is 0 Å². The van der Waals surface area contributed by atoms with Gasteiger partial charge < -0.3 is 8.85 Å². The van der Waals surface area contributed by atoms with E-state index in [1.165, 1.54) is 19.3 Å². The molecule has 2 nitrogen and oxygen atoms in total. The van der Waals surface area contributed by atoms with Crippen molar-refractivity contribution < 1.29 is 8.85 Å². The van der Waals surface area contributed by atoms with Crippen LogP contribution >= 0.6 is 0 Å². The van der Waals surface area contributed by atoms with Gasteiger partial charge in [0.1, 0.15) is 0 Å². The first-order valence-electron chi connectivity index (χ1n) is 16.6. The van der Waals surface area contributed by atoms with Crippen molar-refractivity contribution in [1.82, 2.24) is 0 Å². The van der Waals surface area contributed by atoms with Crippen LogP contribution in [0.1, 0.15) is 107 Å². The molecule has 1 unspecified atom stereocenters. The van der Waals surface area contributed by atoms with E-state index in [0.29, 0.717) is 17.8 Å². The molecule has 2 saturated carbocycles. The lowest BCUT2D eigenvalue weighted by Crippen LogP contribution is -2.58. The molecule has 4 rings (SSSR count). The van der Waals surface area contributed by atoms with Gasteiger partial charge in [0, 0.05) is 11.8 Å². The second kappa shape index (κ2) is 10.9. The Labute approximate surface area is 256 Å². The number of terminal acetylenes is 1. The van der Waals surface area contributed by atoms with Crippen molar-refractivity contribution in [2.75, 3.05) is 0 Å². The van der Waals surface area contributed by atoms with Crippen LogP contribution < -0.4 is 0 Å². The van der Waals surface area contributed by atoms with Crippen LogP contribution in [0.25, 0.3) is 0 Å². The number of rotatable bonds is 7. The lowest BCUT2D eigenvalue weighted by atomic mass is 9.49. The highest BCUT2D eigenvalue weighted by atomic mass is 28.4. The Morgan fingerprint density at radius 3 is 2.17 bits per heavy atom. The molecule has 41 heavy (non-hydrogen) atoms. The third kappa shape index (κ3) is 5.72. The molecule has 0 N–H and O–H groups in total. The molecule has 4 aliphatic carbocycles. The molecule has 0 heterocycles. The van der Waals surface area contributed by atoms with Gasteiger partial charge in [-0.2, -0.15) is 0 Å². The van der Waals surface area contributed by atoms with Crippen LogP contribution in [0.2, 0.25) is 36.3 Å². The van der Waals surface area contributed by atoms with E-state index >= 15 is 0 Å². The Bertz CT molecular complexity index is 1140. The first-order valence-corrected chi connectivity index (χ1v) is 22.4. The van der Waals surface area contributed by atoms with Gasteiger partial charge in [-0.25, -0.2) is 0 Å². The van der Waals surface area contributed by atoms with E-state index < -0.39 is 16.6 Å². The quantitative estimate of drug-likeness (QED) is 0.166. The molecular weight excluding hydrogens is 533 g/mol. The van der Waals surface area contributed by atoms with E-state index in [0.717, 1.165) is 25.7 Å². The first-order chi connectivity index (χ1) is 18.7. The average Bonchev–Trinajstić information content (AvgIpc) is 3.19. The summed E-state index contributed by atoms with van der Waals surface area (Å²) in [6, 6.07) is 0. The van der Waals surface area contributed by atoms with Gasteiger partial charge in [0.2, 0.25) is 0 Å². The van der Waals surface area contributed by atoms with E-state index in [9.17, 15) is 0 Å². The minimum atomic E-state index is -1.99. The minimum Gasteiger partial charge on any atom is -0.414 e. The monoisotopic (exact) mass is 594 g/mol. The van der Waals surface area contributed by atoms with E-state index in [4.69, 9.17) is 15.3 Å². The maximum Gasteiger partial charge on any atom is 0.192 e. The second-order valence-electron chi connectivity index (χ2n) is 17.5. The number of hydrogen-bond donors (Lipinski definition) is 0. The van der Waals surface area contributed by atoms with Crippen LogP contribution in [0.5, 0.6) is 0 Å². The van der Waals surface area contributed by atoms with Crippen LogP contribution in [-0.2, 0) is 8.85 Å². The molecule has 0 aliphatic heterocycles. The Hall–Kier alpha value is -0.866. The Morgan fingerprint density at radius 2 is 1.59 bits per heavy atom. The molecule has 0 bridgehead atoms. The summed E-state index contributed by atoms with van der Waals surface area (Å²) in [6.07, 6.45) is 21.5.